The predicted octanol–water partition coefficient (Wildman–Crippen LogP) is 4.57. The summed E-state index contributed by atoms with van der Waals surface area (Å²) in [6.45, 7) is 3.95. The van der Waals surface area contributed by atoms with Crippen molar-refractivity contribution in [2.75, 3.05) is 20.3 Å². The highest BCUT2D eigenvalue weighted by molar-refractivity contribution is 6.33. The fourth-order valence-corrected chi connectivity index (χ4v) is 3.96. The third-order valence-corrected chi connectivity index (χ3v) is 5.74. The quantitative estimate of drug-likeness (QED) is 0.467. The third-order valence-electron chi connectivity index (χ3n) is 5.20. The SMILES string of the molecule is CCOC(=O)CCNC(=O)Cc1c(C)n(C(=O)c2ccc(Cl)cc2)c2cc(Cl)c(OC)cc12. The van der Waals surface area contributed by atoms with E-state index >= 15 is 0 Å². The first-order valence-electron chi connectivity index (χ1n) is 10.4. The summed E-state index contributed by atoms with van der Waals surface area (Å²) in [5, 5.41) is 4.27. The van der Waals surface area contributed by atoms with Crippen LogP contribution in [0, 0.1) is 6.92 Å². The lowest BCUT2D eigenvalue weighted by molar-refractivity contribution is -0.143. The Bertz CT molecular complexity index is 1200. The van der Waals surface area contributed by atoms with Crippen LogP contribution in [0.2, 0.25) is 10.0 Å². The van der Waals surface area contributed by atoms with Gasteiger partial charge in [-0.15, -0.1) is 0 Å². The predicted molar refractivity (Wildman–Crippen MR) is 127 cm³/mol. The average Bonchev–Trinajstić information content (AvgIpc) is 3.03. The van der Waals surface area contributed by atoms with Gasteiger partial charge in [0.2, 0.25) is 5.91 Å². The van der Waals surface area contributed by atoms with E-state index in [0.717, 1.165) is 0 Å². The van der Waals surface area contributed by atoms with Gasteiger partial charge in [0, 0.05) is 28.2 Å². The van der Waals surface area contributed by atoms with E-state index in [4.69, 9.17) is 32.7 Å². The molecule has 3 rings (SSSR count). The first-order valence-corrected chi connectivity index (χ1v) is 11.1. The van der Waals surface area contributed by atoms with Crippen molar-refractivity contribution in [3.63, 3.8) is 0 Å². The number of halogens is 2. The van der Waals surface area contributed by atoms with E-state index in [0.29, 0.717) is 43.5 Å². The Labute approximate surface area is 201 Å². The van der Waals surface area contributed by atoms with Gasteiger partial charge in [0.1, 0.15) is 5.75 Å². The van der Waals surface area contributed by atoms with Crippen LogP contribution in [0.5, 0.6) is 5.75 Å². The molecule has 0 radical (unpaired) electrons. The zero-order valence-electron chi connectivity index (χ0n) is 18.5. The fraction of sp³-hybridized carbons (Fsp3) is 0.292. The Balaban J connectivity index is 1.97. The minimum Gasteiger partial charge on any atom is -0.495 e. The molecule has 0 unspecified atom stereocenters. The Kier molecular flexibility index (Phi) is 8.00. The van der Waals surface area contributed by atoms with Crippen LogP contribution < -0.4 is 10.1 Å². The number of amides is 1. The van der Waals surface area contributed by atoms with Gasteiger partial charge < -0.3 is 14.8 Å². The van der Waals surface area contributed by atoms with E-state index in [1.165, 1.54) is 11.7 Å². The molecular weight excluding hydrogens is 467 g/mol. The highest BCUT2D eigenvalue weighted by Gasteiger charge is 2.23. The van der Waals surface area contributed by atoms with Crippen molar-refractivity contribution in [3.05, 3.63) is 63.3 Å². The number of nitrogens with zero attached hydrogens (tertiary/aromatic N) is 1. The molecule has 9 heteroatoms. The minimum atomic E-state index is -0.376. The number of hydrogen-bond donors (Lipinski definition) is 1. The summed E-state index contributed by atoms with van der Waals surface area (Å²) < 4.78 is 11.7. The molecule has 1 aromatic heterocycles. The van der Waals surface area contributed by atoms with Gasteiger partial charge in [-0.05, 0) is 55.8 Å². The summed E-state index contributed by atoms with van der Waals surface area (Å²) in [4.78, 5) is 37.5. The molecule has 0 aliphatic rings. The molecule has 0 aliphatic heterocycles. The van der Waals surface area contributed by atoms with Crippen LogP contribution in [0.25, 0.3) is 10.9 Å². The standard InChI is InChI=1S/C24H24Cl2N2O5/c1-4-33-23(30)9-10-27-22(29)12-17-14(2)28(24(31)15-5-7-16(25)8-6-15)20-13-19(26)21(32-3)11-18(17)20/h5-8,11,13H,4,9-10,12H2,1-3H3,(H,27,29). The zero-order valence-corrected chi connectivity index (χ0v) is 20.0. The van der Waals surface area contributed by atoms with Crippen molar-refractivity contribution in [1.82, 2.24) is 9.88 Å². The van der Waals surface area contributed by atoms with Gasteiger partial charge in [0.05, 0.1) is 37.1 Å². The third kappa shape index (κ3) is 5.49. The van der Waals surface area contributed by atoms with E-state index in [-0.39, 0.29) is 43.8 Å². The molecule has 0 saturated carbocycles. The summed E-state index contributed by atoms with van der Waals surface area (Å²) in [6.07, 6.45) is 0.0929. The first-order chi connectivity index (χ1) is 15.8. The summed E-state index contributed by atoms with van der Waals surface area (Å²) in [5.74, 6) is -0.499. The van der Waals surface area contributed by atoms with Crippen molar-refractivity contribution in [1.29, 1.82) is 0 Å². The van der Waals surface area contributed by atoms with Crippen LogP contribution >= 0.6 is 23.2 Å². The number of carbonyl (C=O) groups is 3. The molecule has 0 atom stereocenters. The summed E-state index contributed by atoms with van der Waals surface area (Å²) >= 11 is 12.3. The molecule has 7 nitrogen and oxygen atoms in total. The number of aromatic nitrogens is 1. The highest BCUT2D eigenvalue weighted by atomic mass is 35.5. The lowest BCUT2D eigenvalue weighted by Gasteiger charge is -2.09. The van der Waals surface area contributed by atoms with Gasteiger partial charge >= 0.3 is 5.97 Å². The molecule has 1 amide bonds. The lowest BCUT2D eigenvalue weighted by Crippen LogP contribution is -2.28. The second-order valence-electron chi connectivity index (χ2n) is 7.30. The summed E-state index contributed by atoms with van der Waals surface area (Å²) in [7, 11) is 1.50. The smallest absolute Gasteiger partial charge is 0.307 e. The molecule has 0 saturated heterocycles. The van der Waals surface area contributed by atoms with Crippen molar-refractivity contribution < 1.29 is 23.9 Å². The number of fused-ring (bicyclic) bond motifs is 1. The van der Waals surface area contributed by atoms with Crippen molar-refractivity contribution in [2.24, 2.45) is 0 Å². The molecule has 1 heterocycles. The van der Waals surface area contributed by atoms with Gasteiger partial charge in [0.25, 0.3) is 5.91 Å². The Hall–Kier alpha value is -3.03. The van der Waals surface area contributed by atoms with E-state index in [9.17, 15) is 14.4 Å². The number of carbonyl (C=O) groups excluding carboxylic acids is 3. The van der Waals surface area contributed by atoms with Crippen molar-refractivity contribution in [2.45, 2.75) is 26.7 Å². The number of rotatable bonds is 8. The van der Waals surface area contributed by atoms with Crippen LogP contribution in [0.4, 0.5) is 0 Å². The number of nitrogens with one attached hydrogen (secondary N) is 1. The maximum absolute atomic E-state index is 13.4. The van der Waals surface area contributed by atoms with Crippen LogP contribution in [0.1, 0.15) is 35.0 Å². The van der Waals surface area contributed by atoms with E-state index < -0.39 is 0 Å². The number of ether oxygens (including phenoxy) is 2. The van der Waals surface area contributed by atoms with Gasteiger partial charge in [-0.1, -0.05) is 23.2 Å². The fourth-order valence-electron chi connectivity index (χ4n) is 3.60. The van der Waals surface area contributed by atoms with E-state index in [1.54, 1.807) is 50.2 Å². The second-order valence-corrected chi connectivity index (χ2v) is 8.14. The molecule has 0 spiro atoms. The van der Waals surface area contributed by atoms with Crippen LogP contribution in [0.3, 0.4) is 0 Å². The van der Waals surface area contributed by atoms with Crippen molar-refractivity contribution >= 4 is 51.9 Å². The minimum absolute atomic E-state index is 0.0108. The molecular formula is C24H24Cl2N2O5. The van der Waals surface area contributed by atoms with Gasteiger partial charge in [-0.3, -0.25) is 19.0 Å². The maximum atomic E-state index is 13.4. The van der Waals surface area contributed by atoms with Gasteiger partial charge in [-0.2, -0.15) is 0 Å². The van der Waals surface area contributed by atoms with Crippen LogP contribution in [-0.4, -0.2) is 42.6 Å². The molecule has 3 aromatic rings. The van der Waals surface area contributed by atoms with Gasteiger partial charge in [-0.25, -0.2) is 0 Å². The zero-order chi connectivity index (χ0) is 24.1. The summed E-state index contributed by atoms with van der Waals surface area (Å²) in [6, 6.07) is 9.94. The molecule has 33 heavy (non-hydrogen) atoms. The highest BCUT2D eigenvalue weighted by Crippen LogP contribution is 2.35. The number of benzene rings is 2. The first kappa shape index (κ1) is 24.6. The average molecular weight is 491 g/mol. The van der Waals surface area contributed by atoms with E-state index in [1.807, 2.05) is 0 Å². The second kappa shape index (κ2) is 10.7. The van der Waals surface area contributed by atoms with Crippen molar-refractivity contribution in [3.8, 4) is 5.75 Å². The topological polar surface area (TPSA) is 86.6 Å². The largest absolute Gasteiger partial charge is 0.495 e. The van der Waals surface area contributed by atoms with Gasteiger partial charge in [0.15, 0.2) is 0 Å². The molecule has 1 N–H and O–H groups in total. The van der Waals surface area contributed by atoms with Crippen LogP contribution in [-0.2, 0) is 20.7 Å². The maximum Gasteiger partial charge on any atom is 0.307 e. The van der Waals surface area contributed by atoms with Crippen LogP contribution in [0.15, 0.2) is 36.4 Å². The molecule has 0 fully saturated rings. The molecule has 174 valence electrons. The molecule has 2 aromatic carbocycles. The number of methoxy groups -OCH3 is 1. The Morgan fingerprint density at radius 3 is 2.42 bits per heavy atom. The molecule has 0 bridgehead atoms. The molecule has 0 aliphatic carbocycles. The Morgan fingerprint density at radius 1 is 1.09 bits per heavy atom. The number of esters is 1. The monoisotopic (exact) mass is 490 g/mol. The number of hydrogen-bond acceptors (Lipinski definition) is 5. The summed E-state index contributed by atoms with van der Waals surface area (Å²) in [5.41, 5.74) is 2.27. The van der Waals surface area contributed by atoms with E-state index in [2.05, 4.69) is 5.32 Å². The lowest BCUT2D eigenvalue weighted by atomic mass is 10.1. The Morgan fingerprint density at radius 2 is 1.79 bits per heavy atom. The normalized spacial score (nSPS) is 10.8.